The van der Waals surface area contributed by atoms with Gasteiger partial charge in [0, 0.05) is 23.2 Å². The van der Waals surface area contributed by atoms with Crippen molar-refractivity contribution in [3.8, 4) is 5.82 Å². The van der Waals surface area contributed by atoms with Gasteiger partial charge in [-0.1, -0.05) is 47.5 Å². The predicted octanol–water partition coefficient (Wildman–Crippen LogP) is 6.28. The normalized spacial score (nSPS) is 14.4. The quantitative estimate of drug-likeness (QED) is 0.307. The number of nitrogens with zero attached hydrogens (tertiary/aromatic N) is 3. The zero-order chi connectivity index (χ0) is 26.5. The monoisotopic (exact) mass is 547 g/mol. The van der Waals surface area contributed by atoms with Crippen LogP contribution in [0.5, 0.6) is 0 Å². The Kier molecular flexibility index (Phi) is 6.12. The molecule has 190 valence electrons. The van der Waals surface area contributed by atoms with Gasteiger partial charge in [0.1, 0.15) is 5.69 Å². The number of hydrogen-bond acceptors (Lipinski definition) is 4. The Labute approximate surface area is 218 Å². The van der Waals surface area contributed by atoms with Gasteiger partial charge in [0.25, 0.3) is 11.8 Å². The molecule has 2 aromatic heterocycles. The Morgan fingerprint density at radius 1 is 1.05 bits per heavy atom. The number of rotatable bonds is 5. The highest BCUT2D eigenvalue weighted by Gasteiger charge is 2.40. The van der Waals surface area contributed by atoms with Crippen LogP contribution >= 0.6 is 23.2 Å². The van der Waals surface area contributed by atoms with E-state index in [0.29, 0.717) is 21.5 Å². The molecule has 0 spiro atoms. The number of fused-ring (bicyclic) bond motifs is 1. The highest BCUT2D eigenvalue weighted by Crippen LogP contribution is 2.38. The molecule has 1 fully saturated rings. The van der Waals surface area contributed by atoms with Crippen LogP contribution in [0.2, 0.25) is 10.0 Å². The average Bonchev–Trinajstić information content (AvgIpc) is 3.38. The fourth-order valence-corrected chi connectivity index (χ4v) is 4.33. The first-order valence-electron chi connectivity index (χ1n) is 11.1. The molecule has 1 aliphatic rings. The van der Waals surface area contributed by atoms with Crippen LogP contribution in [0.4, 0.5) is 18.9 Å². The van der Waals surface area contributed by atoms with Gasteiger partial charge in [-0.05, 0) is 43.4 Å². The molecular weight excluding hydrogens is 530 g/mol. The van der Waals surface area contributed by atoms with Crippen molar-refractivity contribution in [2.45, 2.75) is 31.5 Å². The number of carbonyl (C=O) groups is 2. The van der Waals surface area contributed by atoms with Crippen molar-refractivity contribution < 1.29 is 22.8 Å². The second kappa shape index (κ2) is 9.04. The van der Waals surface area contributed by atoms with Gasteiger partial charge in [-0.15, -0.1) is 0 Å². The summed E-state index contributed by atoms with van der Waals surface area (Å²) in [4.78, 5) is 30.6. The smallest absolute Gasteiger partial charge is 0.347 e. The van der Waals surface area contributed by atoms with Gasteiger partial charge in [-0.25, -0.2) is 9.67 Å². The standard InChI is InChI=1S/C25H18Cl2F3N5O2/c1-24(8-9-24)33-22(36)15-11-13-5-2-3-6-14(13)19(27)20(15)32-23(37)17-12-18(25(28,29)30)34-35(17)21-16(26)7-4-10-31-21/h2-7,10-12H,8-9H2,1H3,(H,32,37)(H,33,36). The highest BCUT2D eigenvalue weighted by atomic mass is 35.5. The van der Waals surface area contributed by atoms with E-state index >= 15 is 0 Å². The van der Waals surface area contributed by atoms with E-state index < -0.39 is 29.4 Å². The number of pyridine rings is 1. The zero-order valence-corrected chi connectivity index (χ0v) is 20.7. The summed E-state index contributed by atoms with van der Waals surface area (Å²) in [5.41, 5.74) is -2.16. The van der Waals surface area contributed by atoms with Crippen LogP contribution in [-0.4, -0.2) is 32.1 Å². The fourth-order valence-electron chi connectivity index (χ4n) is 3.81. The van der Waals surface area contributed by atoms with Gasteiger partial charge in [0.15, 0.2) is 11.5 Å². The second-order valence-electron chi connectivity index (χ2n) is 8.94. The Bertz CT molecular complexity index is 1560. The van der Waals surface area contributed by atoms with E-state index in [9.17, 15) is 22.8 Å². The molecule has 0 saturated heterocycles. The molecule has 12 heteroatoms. The molecule has 0 bridgehead atoms. The molecule has 2 N–H and O–H groups in total. The van der Waals surface area contributed by atoms with Crippen LogP contribution in [0.25, 0.3) is 16.6 Å². The molecule has 0 atom stereocenters. The van der Waals surface area contributed by atoms with Gasteiger partial charge < -0.3 is 10.6 Å². The van der Waals surface area contributed by atoms with Crippen molar-refractivity contribution >= 4 is 51.5 Å². The van der Waals surface area contributed by atoms with Crippen molar-refractivity contribution in [3.63, 3.8) is 0 Å². The van der Waals surface area contributed by atoms with Gasteiger partial charge >= 0.3 is 6.18 Å². The molecule has 0 aliphatic heterocycles. The van der Waals surface area contributed by atoms with Crippen molar-refractivity contribution in [3.05, 3.63) is 81.7 Å². The maximum atomic E-state index is 13.5. The average molecular weight is 548 g/mol. The molecule has 2 heterocycles. The lowest BCUT2D eigenvalue weighted by atomic mass is 10.0. The zero-order valence-electron chi connectivity index (χ0n) is 19.2. The third kappa shape index (κ3) is 4.86. The SMILES string of the molecule is CC1(NC(=O)c2cc3ccccc3c(Cl)c2NC(=O)c2cc(C(F)(F)F)nn2-c2ncccc2Cl)CC1. The summed E-state index contributed by atoms with van der Waals surface area (Å²) in [5, 5.41) is 10.2. The second-order valence-corrected chi connectivity index (χ2v) is 9.72. The van der Waals surface area contributed by atoms with Crippen LogP contribution in [0.1, 0.15) is 46.3 Å². The summed E-state index contributed by atoms with van der Waals surface area (Å²) in [6.07, 6.45) is -1.94. The predicted molar refractivity (Wildman–Crippen MR) is 133 cm³/mol. The molecule has 2 amide bonds. The maximum absolute atomic E-state index is 13.5. The number of amides is 2. The van der Waals surface area contributed by atoms with E-state index in [1.165, 1.54) is 18.3 Å². The van der Waals surface area contributed by atoms with Crippen LogP contribution in [0.3, 0.4) is 0 Å². The number of benzene rings is 2. The summed E-state index contributed by atoms with van der Waals surface area (Å²) in [7, 11) is 0. The van der Waals surface area contributed by atoms with Crippen LogP contribution in [-0.2, 0) is 6.18 Å². The lowest BCUT2D eigenvalue weighted by Gasteiger charge is -2.18. The molecule has 37 heavy (non-hydrogen) atoms. The molecule has 5 rings (SSSR count). The Morgan fingerprint density at radius 2 is 1.78 bits per heavy atom. The number of carbonyl (C=O) groups excluding carboxylic acids is 2. The van der Waals surface area contributed by atoms with Crippen molar-refractivity contribution in [1.29, 1.82) is 0 Å². The summed E-state index contributed by atoms with van der Waals surface area (Å²) < 4.78 is 41.3. The molecule has 2 aromatic carbocycles. The lowest BCUT2D eigenvalue weighted by molar-refractivity contribution is -0.141. The number of alkyl halides is 3. The highest BCUT2D eigenvalue weighted by molar-refractivity contribution is 6.40. The third-order valence-corrected chi connectivity index (χ3v) is 6.74. The van der Waals surface area contributed by atoms with E-state index in [4.69, 9.17) is 23.2 Å². The number of hydrogen-bond donors (Lipinski definition) is 2. The minimum atomic E-state index is -4.84. The molecule has 0 unspecified atom stereocenters. The lowest BCUT2D eigenvalue weighted by Crippen LogP contribution is -2.35. The maximum Gasteiger partial charge on any atom is 0.435 e. The molecular formula is C25H18Cl2F3N5O2. The number of halogens is 5. The van der Waals surface area contributed by atoms with Crippen molar-refractivity contribution in [2.24, 2.45) is 0 Å². The third-order valence-electron chi connectivity index (χ3n) is 6.06. The van der Waals surface area contributed by atoms with E-state index in [1.807, 2.05) is 6.92 Å². The fraction of sp³-hybridized carbons (Fsp3) is 0.200. The van der Waals surface area contributed by atoms with Crippen LogP contribution in [0.15, 0.2) is 54.7 Å². The number of nitrogens with one attached hydrogen (secondary N) is 2. The van der Waals surface area contributed by atoms with Crippen LogP contribution in [0, 0.1) is 0 Å². The summed E-state index contributed by atoms with van der Waals surface area (Å²) in [6.45, 7) is 1.89. The summed E-state index contributed by atoms with van der Waals surface area (Å²) in [5.74, 6) is -1.64. The van der Waals surface area contributed by atoms with Gasteiger partial charge in [-0.3, -0.25) is 9.59 Å². The van der Waals surface area contributed by atoms with E-state index in [1.54, 1.807) is 30.3 Å². The van der Waals surface area contributed by atoms with Crippen molar-refractivity contribution in [2.75, 3.05) is 5.32 Å². The Morgan fingerprint density at radius 3 is 2.46 bits per heavy atom. The minimum Gasteiger partial charge on any atom is -0.347 e. The van der Waals surface area contributed by atoms with Crippen LogP contribution < -0.4 is 10.6 Å². The topological polar surface area (TPSA) is 88.9 Å². The van der Waals surface area contributed by atoms with Gasteiger partial charge in [0.05, 0.1) is 21.3 Å². The first-order chi connectivity index (χ1) is 17.5. The molecule has 1 saturated carbocycles. The Balaban J connectivity index is 1.62. The molecule has 1 aliphatic carbocycles. The van der Waals surface area contributed by atoms with E-state index in [2.05, 4.69) is 20.7 Å². The molecule has 7 nitrogen and oxygen atoms in total. The summed E-state index contributed by atoms with van der Waals surface area (Å²) in [6, 6.07) is 12.0. The largest absolute Gasteiger partial charge is 0.435 e. The molecule has 0 radical (unpaired) electrons. The Hall–Kier alpha value is -3.63. The molecule has 4 aromatic rings. The number of aromatic nitrogens is 3. The van der Waals surface area contributed by atoms with E-state index in [-0.39, 0.29) is 32.7 Å². The minimum absolute atomic E-state index is 0.0187. The first kappa shape index (κ1) is 25.0. The van der Waals surface area contributed by atoms with Gasteiger partial charge in [-0.2, -0.15) is 18.3 Å². The van der Waals surface area contributed by atoms with Crippen molar-refractivity contribution in [1.82, 2.24) is 20.1 Å². The first-order valence-corrected chi connectivity index (χ1v) is 11.9. The van der Waals surface area contributed by atoms with E-state index in [0.717, 1.165) is 12.8 Å². The van der Waals surface area contributed by atoms with Gasteiger partial charge in [0.2, 0.25) is 0 Å². The number of anilines is 1. The summed E-state index contributed by atoms with van der Waals surface area (Å²) >= 11 is 12.8.